The van der Waals surface area contributed by atoms with Gasteiger partial charge in [-0.3, -0.25) is 0 Å². The second-order valence-electron chi connectivity index (χ2n) is 15.3. The highest BCUT2D eigenvalue weighted by atomic mass is 16.3. The monoisotopic (exact) mass is 500 g/mol. The number of rotatable bonds is 6. The van der Waals surface area contributed by atoms with Crippen molar-refractivity contribution in [3.05, 3.63) is 12.2 Å². The first-order valence-corrected chi connectivity index (χ1v) is 15.3. The molecule has 0 aromatic carbocycles. The third-order valence-electron chi connectivity index (χ3n) is 14.2. The molecule has 206 valence electrons. The number of hydrogen-bond donors (Lipinski definition) is 4. The van der Waals surface area contributed by atoms with E-state index in [0.29, 0.717) is 46.5 Å². The second kappa shape index (κ2) is 9.07. The molecular weight excluding hydrogens is 444 g/mol. The van der Waals surface area contributed by atoms with E-state index in [1.165, 1.54) is 63.4 Å². The maximum absolute atomic E-state index is 10.6. The molecule has 0 aromatic heterocycles. The van der Waals surface area contributed by atoms with Gasteiger partial charge in [-0.05, 0) is 122 Å². The van der Waals surface area contributed by atoms with E-state index in [0.717, 1.165) is 18.9 Å². The average molecular weight is 501 g/mol. The fraction of sp³-hybridized carbons (Fsp3) is 0.938. The smallest absolute Gasteiger partial charge is 0.0555 e. The Morgan fingerprint density at radius 3 is 2.31 bits per heavy atom. The van der Waals surface area contributed by atoms with Crippen molar-refractivity contribution in [2.75, 3.05) is 26.3 Å². The Kier molecular flexibility index (Phi) is 6.84. The molecule has 4 nitrogen and oxygen atoms in total. The van der Waals surface area contributed by atoms with Crippen molar-refractivity contribution in [3.8, 4) is 0 Å². The van der Waals surface area contributed by atoms with E-state index >= 15 is 0 Å². The molecule has 0 spiro atoms. The van der Waals surface area contributed by atoms with Crippen LogP contribution in [0.5, 0.6) is 0 Å². The van der Waals surface area contributed by atoms with E-state index in [4.69, 9.17) is 5.73 Å². The number of nitrogens with one attached hydrogen (secondary N) is 1. The van der Waals surface area contributed by atoms with E-state index in [9.17, 15) is 10.2 Å². The lowest BCUT2D eigenvalue weighted by Crippen LogP contribution is -2.68. The van der Waals surface area contributed by atoms with Gasteiger partial charge in [0, 0.05) is 24.5 Å². The Balaban J connectivity index is 1.51. The molecule has 0 radical (unpaired) electrons. The SMILES string of the molecule is C=C(C)[C@@H]1CC[C@]2(CNCCO)CC[C@]3(C)[C@H](CC[C@@H]4[C@@]5(C)CCC(N)[C@@](C)(CO)[C@@H]5CC[C@]43C)[C@@H]12. The average Bonchev–Trinajstić information content (AvgIpc) is 3.22. The topological polar surface area (TPSA) is 78.5 Å². The molecule has 36 heavy (non-hydrogen) atoms. The van der Waals surface area contributed by atoms with Gasteiger partial charge in [-0.15, -0.1) is 0 Å². The zero-order chi connectivity index (χ0) is 26.1. The van der Waals surface area contributed by atoms with Gasteiger partial charge in [0.15, 0.2) is 0 Å². The first kappa shape index (κ1) is 27.2. The summed E-state index contributed by atoms with van der Waals surface area (Å²) in [5, 5.41) is 23.7. The fourth-order valence-electron chi connectivity index (χ4n) is 12.1. The molecule has 0 heterocycles. The maximum atomic E-state index is 10.6. The van der Waals surface area contributed by atoms with E-state index in [1.807, 2.05) is 0 Å². The van der Waals surface area contributed by atoms with Gasteiger partial charge in [0.05, 0.1) is 13.2 Å². The summed E-state index contributed by atoms with van der Waals surface area (Å²) < 4.78 is 0. The number of allylic oxidation sites excluding steroid dienone is 1. The van der Waals surface area contributed by atoms with Crippen LogP contribution in [0.2, 0.25) is 0 Å². The van der Waals surface area contributed by atoms with E-state index in [1.54, 1.807) is 0 Å². The van der Waals surface area contributed by atoms with Crippen LogP contribution >= 0.6 is 0 Å². The predicted octanol–water partition coefficient (Wildman–Crippen LogP) is 5.53. The minimum Gasteiger partial charge on any atom is -0.396 e. The minimum absolute atomic E-state index is 0.119. The predicted molar refractivity (Wildman–Crippen MR) is 148 cm³/mol. The van der Waals surface area contributed by atoms with E-state index in [2.05, 4.69) is 46.5 Å². The lowest BCUT2D eigenvalue weighted by Gasteiger charge is -2.73. The van der Waals surface area contributed by atoms with Gasteiger partial charge in [0.2, 0.25) is 0 Å². The molecule has 5 fully saturated rings. The van der Waals surface area contributed by atoms with Gasteiger partial charge < -0.3 is 21.3 Å². The van der Waals surface area contributed by atoms with Gasteiger partial charge in [-0.25, -0.2) is 0 Å². The summed E-state index contributed by atoms with van der Waals surface area (Å²) in [6.07, 6.45) is 12.7. The summed E-state index contributed by atoms with van der Waals surface area (Å²) in [5.41, 5.74) is 9.27. The normalized spacial score (nSPS) is 54.2. The van der Waals surface area contributed by atoms with Crippen LogP contribution in [0.1, 0.15) is 98.8 Å². The molecular formula is C32H56N2O2. The fourth-order valence-corrected chi connectivity index (χ4v) is 12.1. The lowest BCUT2D eigenvalue weighted by atomic mass is 9.32. The van der Waals surface area contributed by atoms with Crippen molar-refractivity contribution in [2.24, 2.45) is 62.4 Å². The van der Waals surface area contributed by atoms with Crippen molar-refractivity contribution in [1.29, 1.82) is 0 Å². The molecule has 5 N–H and O–H groups in total. The number of aliphatic hydroxyl groups excluding tert-OH is 2. The van der Waals surface area contributed by atoms with Crippen LogP contribution in [0.25, 0.3) is 0 Å². The molecule has 4 heteroatoms. The van der Waals surface area contributed by atoms with Crippen LogP contribution in [-0.4, -0.2) is 42.6 Å². The van der Waals surface area contributed by atoms with Crippen LogP contribution in [0, 0.1) is 56.7 Å². The van der Waals surface area contributed by atoms with E-state index < -0.39 is 0 Å². The third kappa shape index (κ3) is 3.45. The Morgan fingerprint density at radius 1 is 0.889 bits per heavy atom. The minimum atomic E-state index is -0.150. The quantitative estimate of drug-likeness (QED) is 0.286. The highest BCUT2D eigenvalue weighted by Crippen LogP contribution is 2.77. The molecule has 0 bridgehead atoms. The van der Waals surface area contributed by atoms with Crippen LogP contribution in [0.4, 0.5) is 0 Å². The van der Waals surface area contributed by atoms with Crippen LogP contribution in [0.15, 0.2) is 12.2 Å². The van der Waals surface area contributed by atoms with Gasteiger partial charge in [0.25, 0.3) is 0 Å². The van der Waals surface area contributed by atoms with Gasteiger partial charge in [-0.2, -0.15) is 0 Å². The standard InChI is InChI=1S/C32H56N2O2/c1-21(2)22-9-14-32(19-34-17-18-35)16-15-30(5)23(27(22)32)7-8-25-28(3)12-11-26(33)29(4,20-36)24(28)10-13-31(25,30)6/h22-27,34-36H,1,7-20,33H2,2-6H3/t22-,23+,24+,25+,26?,27+,28-,29-,30+,31+,32+/m0/s1. The van der Waals surface area contributed by atoms with E-state index in [-0.39, 0.29) is 30.1 Å². The molecule has 5 saturated carbocycles. The Hall–Kier alpha value is -0.420. The number of aliphatic hydroxyl groups is 2. The van der Waals surface area contributed by atoms with Crippen LogP contribution < -0.4 is 11.1 Å². The zero-order valence-corrected chi connectivity index (χ0v) is 24.0. The first-order valence-electron chi connectivity index (χ1n) is 15.3. The summed E-state index contributed by atoms with van der Waals surface area (Å²) in [4.78, 5) is 0. The van der Waals surface area contributed by atoms with Crippen molar-refractivity contribution >= 4 is 0 Å². The Morgan fingerprint density at radius 2 is 1.64 bits per heavy atom. The molecule has 0 saturated heterocycles. The lowest BCUT2D eigenvalue weighted by molar-refractivity contribution is -0.242. The second-order valence-corrected chi connectivity index (χ2v) is 15.3. The number of fused-ring (bicyclic) bond motifs is 7. The van der Waals surface area contributed by atoms with Crippen LogP contribution in [-0.2, 0) is 0 Å². The molecule has 5 aliphatic carbocycles. The largest absolute Gasteiger partial charge is 0.396 e. The molecule has 0 amide bonds. The summed E-state index contributed by atoms with van der Waals surface area (Å²) in [6.45, 7) is 19.3. The van der Waals surface area contributed by atoms with Gasteiger partial charge in [0.1, 0.15) is 0 Å². The summed E-state index contributed by atoms with van der Waals surface area (Å²) in [6, 6.07) is 0.119. The Bertz CT molecular complexity index is 861. The zero-order valence-electron chi connectivity index (χ0n) is 24.0. The highest BCUT2D eigenvalue weighted by Gasteiger charge is 2.70. The third-order valence-corrected chi connectivity index (χ3v) is 14.2. The maximum Gasteiger partial charge on any atom is 0.0555 e. The molecule has 0 aromatic rings. The highest BCUT2D eigenvalue weighted by molar-refractivity contribution is 5.22. The van der Waals surface area contributed by atoms with Gasteiger partial charge in [-0.1, -0.05) is 39.8 Å². The Labute approximate surface area is 221 Å². The van der Waals surface area contributed by atoms with Crippen LogP contribution in [0.3, 0.4) is 0 Å². The van der Waals surface area contributed by atoms with Crippen molar-refractivity contribution in [3.63, 3.8) is 0 Å². The molecule has 0 aliphatic heterocycles. The summed E-state index contributed by atoms with van der Waals surface area (Å²) >= 11 is 0. The molecule has 1 unspecified atom stereocenters. The summed E-state index contributed by atoms with van der Waals surface area (Å²) in [7, 11) is 0. The summed E-state index contributed by atoms with van der Waals surface area (Å²) in [5.74, 6) is 3.35. The molecule has 11 atom stereocenters. The van der Waals surface area contributed by atoms with Crippen molar-refractivity contribution < 1.29 is 10.2 Å². The van der Waals surface area contributed by atoms with Gasteiger partial charge >= 0.3 is 0 Å². The van der Waals surface area contributed by atoms with Crippen molar-refractivity contribution in [1.82, 2.24) is 5.32 Å². The molecule has 5 rings (SSSR count). The first-order chi connectivity index (χ1) is 16.9. The molecule has 5 aliphatic rings. The number of hydrogen-bond acceptors (Lipinski definition) is 4. The number of nitrogens with two attached hydrogens (primary N) is 1. The van der Waals surface area contributed by atoms with Crippen molar-refractivity contribution in [2.45, 2.75) is 105 Å².